The molecule has 2 aliphatic heterocycles. The molecule has 2 unspecified atom stereocenters. The molecule has 6 heteroatoms. The fourth-order valence-electron chi connectivity index (χ4n) is 5.27. The van der Waals surface area contributed by atoms with Crippen molar-refractivity contribution in [1.82, 2.24) is 15.2 Å². The Labute approximate surface area is 185 Å². The van der Waals surface area contributed by atoms with Crippen molar-refractivity contribution in [1.29, 1.82) is 5.26 Å². The number of amides is 1. The molecule has 2 aromatic rings. The maximum atomic E-state index is 12.7. The number of likely N-dealkylation sites (tertiary alicyclic amines) is 1. The summed E-state index contributed by atoms with van der Waals surface area (Å²) in [5.74, 6) is 0.276. The summed E-state index contributed by atoms with van der Waals surface area (Å²) in [5, 5.41) is 13.6. The van der Waals surface area contributed by atoms with Gasteiger partial charge in [-0.25, -0.2) is 0 Å². The van der Waals surface area contributed by atoms with E-state index in [4.69, 9.17) is 0 Å². The summed E-state index contributed by atoms with van der Waals surface area (Å²) < 4.78 is 0. The summed E-state index contributed by atoms with van der Waals surface area (Å²) in [5.41, 5.74) is 2.46. The van der Waals surface area contributed by atoms with Crippen LogP contribution >= 0.6 is 0 Å². The molecule has 6 nitrogen and oxygen atoms in total. The zero-order valence-corrected chi connectivity index (χ0v) is 18.7. The molecule has 4 rings (SSSR count). The first kappa shape index (κ1) is 21.6. The van der Waals surface area contributed by atoms with Crippen LogP contribution in [0.15, 0.2) is 30.5 Å². The number of fused-ring (bicyclic) bond motifs is 1. The van der Waals surface area contributed by atoms with Gasteiger partial charge in [-0.3, -0.25) is 14.7 Å². The van der Waals surface area contributed by atoms with E-state index in [1.807, 2.05) is 24.3 Å². The maximum Gasteiger partial charge on any atom is 0.223 e. The third-order valence-corrected chi connectivity index (χ3v) is 7.12. The average molecular weight is 420 g/mol. The van der Waals surface area contributed by atoms with Gasteiger partial charge in [0.1, 0.15) is 6.07 Å². The van der Waals surface area contributed by atoms with Crippen LogP contribution in [-0.2, 0) is 4.79 Å². The van der Waals surface area contributed by atoms with Crippen LogP contribution in [0.5, 0.6) is 0 Å². The molecule has 0 saturated carbocycles. The van der Waals surface area contributed by atoms with Crippen molar-refractivity contribution in [2.24, 2.45) is 5.92 Å². The smallest absolute Gasteiger partial charge is 0.223 e. The Hall–Kier alpha value is -2.65. The Morgan fingerprint density at radius 1 is 1.16 bits per heavy atom. The van der Waals surface area contributed by atoms with Gasteiger partial charge in [-0.2, -0.15) is 5.26 Å². The van der Waals surface area contributed by atoms with Crippen LogP contribution in [0.4, 0.5) is 5.69 Å². The van der Waals surface area contributed by atoms with Gasteiger partial charge < -0.3 is 10.2 Å². The Balaban J connectivity index is 1.31. The van der Waals surface area contributed by atoms with Crippen LogP contribution in [0.3, 0.4) is 0 Å². The Kier molecular flexibility index (Phi) is 6.72. The van der Waals surface area contributed by atoms with Crippen molar-refractivity contribution in [2.75, 3.05) is 31.1 Å². The molecule has 1 amide bonds. The van der Waals surface area contributed by atoms with E-state index in [-0.39, 0.29) is 11.8 Å². The number of anilines is 1. The number of carbonyl (C=O) groups is 1. The molecule has 1 N–H and O–H groups in total. The van der Waals surface area contributed by atoms with Crippen LogP contribution in [0, 0.1) is 17.2 Å². The molecule has 2 aliphatic rings. The van der Waals surface area contributed by atoms with Gasteiger partial charge in [0.05, 0.1) is 11.1 Å². The zero-order valence-electron chi connectivity index (χ0n) is 18.7. The van der Waals surface area contributed by atoms with Crippen LogP contribution in [0.25, 0.3) is 10.9 Å². The van der Waals surface area contributed by atoms with E-state index in [1.54, 1.807) is 6.20 Å². The van der Waals surface area contributed by atoms with Gasteiger partial charge in [0.2, 0.25) is 5.91 Å². The lowest BCUT2D eigenvalue weighted by atomic mass is 9.94. The van der Waals surface area contributed by atoms with Crippen molar-refractivity contribution in [3.05, 3.63) is 36.0 Å². The zero-order chi connectivity index (χ0) is 21.8. The van der Waals surface area contributed by atoms with Crippen molar-refractivity contribution < 1.29 is 4.79 Å². The van der Waals surface area contributed by atoms with Crippen molar-refractivity contribution in [3.8, 4) is 6.07 Å². The number of carbonyl (C=O) groups excluding carboxylic acids is 1. The van der Waals surface area contributed by atoms with E-state index < -0.39 is 0 Å². The summed E-state index contributed by atoms with van der Waals surface area (Å²) >= 11 is 0. The average Bonchev–Trinajstić information content (AvgIpc) is 2.80. The van der Waals surface area contributed by atoms with Gasteiger partial charge in [0.25, 0.3) is 0 Å². The maximum absolute atomic E-state index is 12.7. The lowest BCUT2D eigenvalue weighted by Gasteiger charge is -2.39. The monoisotopic (exact) mass is 419 g/mol. The predicted octanol–water partition coefficient (Wildman–Crippen LogP) is 3.70. The minimum absolute atomic E-state index is 0.0789. The van der Waals surface area contributed by atoms with Crippen LogP contribution in [0.2, 0.25) is 0 Å². The minimum atomic E-state index is 0.0789. The summed E-state index contributed by atoms with van der Waals surface area (Å²) in [7, 11) is 0. The quantitative estimate of drug-likeness (QED) is 0.800. The molecule has 2 fully saturated rings. The first-order chi connectivity index (χ1) is 15.1. The normalized spacial score (nSPS) is 22.9. The van der Waals surface area contributed by atoms with Crippen LogP contribution < -0.4 is 10.2 Å². The number of nitrogens with zero attached hydrogens (tertiary/aromatic N) is 4. The number of nitrogens with one attached hydrogen (secondary N) is 1. The first-order valence-corrected chi connectivity index (χ1v) is 11.6. The fraction of sp³-hybridized carbons (Fsp3) is 0.560. The molecular formula is C25H33N5O. The third-order valence-electron chi connectivity index (χ3n) is 7.12. The molecule has 0 spiro atoms. The number of pyridine rings is 1. The molecule has 0 radical (unpaired) electrons. The van der Waals surface area contributed by atoms with E-state index in [1.165, 1.54) is 19.3 Å². The highest BCUT2D eigenvalue weighted by atomic mass is 16.1. The number of hydrogen-bond acceptors (Lipinski definition) is 5. The van der Waals surface area contributed by atoms with Crippen molar-refractivity contribution in [3.63, 3.8) is 0 Å². The Bertz CT molecular complexity index is 950. The lowest BCUT2D eigenvalue weighted by Crippen LogP contribution is -2.48. The van der Waals surface area contributed by atoms with Gasteiger partial charge >= 0.3 is 0 Å². The molecule has 2 saturated heterocycles. The molecule has 1 aromatic carbocycles. The number of benzene rings is 1. The van der Waals surface area contributed by atoms with Crippen LogP contribution in [0.1, 0.15) is 51.5 Å². The highest BCUT2D eigenvalue weighted by Gasteiger charge is 2.27. The van der Waals surface area contributed by atoms with E-state index in [9.17, 15) is 10.1 Å². The summed E-state index contributed by atoms with van der Waals surface area (Å²) in [4.78, 5) is 22.0. The SMILES string of the molecule is CC1CCCC(C)N1CCNC(=O)C1CCN(c2ccc(C#N)c3ncccc23)CC1. The van der Waals surface area contributed by atoms with Gasteiger partial charge in [-0.1, -0.05) is 6.42 Å². The molecule has 164 valence electrons. The highest BCUT2D eigenvalue weighted by molar-refractivity contribution is 5.95. The molecule has 0 aliphatic carbocycles. The van der Waals surface area contributed by atoms with E-state index >= 15 is 0 Å². The number of piperidine rings is 2. The molecule has 0 bridgehead atoms. The number of nitriles is 1. The second kappa shape index (κ2) is 9.65. The highest BCUT2D eigenvalue weighted by Crippen LogP contribution is 2.31. The molecule has 3 heterocycles. The standard InChI is InChI=1S/C25H33N5O/c1-18-5-3-6-19(2)30(18)16-13-28-25(31)20-10-14-29(15-11-20)23-9-8-21(17-26)24-22(23)7-4-12-27-24/h4,7-9,12,18-20H,3,5-6,10-11,13-16H2,1-2H3,(H,28,31). The summed E-state index contributed by atoms with van der Waals surface area (Å²) in [6.07, 6.45) is 7.27. The fourth-order valence-corrected chi connectivity index (χ4v) is 5.27. The lowest BCUT2D eigenvalue weighted by molar-refractivity contribution is -0.125. The van der Waals surface area contributed by atoms with Gasteiger partial charge in [-0.05, 0) is 63.8 Å². The molecular weight excluding hydrogens is 386 g/mol. The number of rotatable bonds is 5. The predicted molar refractivity (Wildman–Crippen MR) is 124 cm³/mol. The van der Waals surface area contributed by atoms with Gasteiger partial charge in [0, 0.05) is 61.5 Å². The molecule has 2 atom stereocenters. The number of hydrogen-bond donors (Lipinski definition) is 1. The summed E-state index contributed by atoms with van der Waals surface area (Å²) in [6.45, 7) is 7.96. The van der Waals surface area contributed by atoms with Crippen LogP contribution in [-0.4, -0.2) is 54.1 Å². The Morgan fingerprint density at radius 3 is 2.61 bits per heavy atom. The van der Waals surface area contributed by atoms with E-state index in [0.717, 1.165) is 55.6 Å². The Morgan fingerprint density at radius 2 is 1.90 bits per heavy atom. The van der Waals surface area contributed by atoms with Gasteiger partial charge in [-0.15, -0.1) is 0 Å². The molecule has 1 aromatic heterocycles. The van der Waals surface area contributed by atoms with Crippen molar-refractivity contribution in [2.45, 2.75) is 58.0 Å². The second-order valence-corrected chi connectivity index (χ2v) is 9.06. The minimum Gasteiger partial charge on any atom is -0.371 e. The van der Waals surface area contributed by atoms with E-state index in [2.05, 4.69) is 40.0 Å². The third kappa shape index (κ3) is 4.67. The number of aromatic nitrogens is 1. The topological polar surface area (TPSA) is 72.3 Å². The largest absolute Gasteiger partial charge is 0.371 e. The van der Waals surface area contributed by atoms with E-state index in [0.29, 0.717) is 17.6 Å². The first-order valence-electron chi connectivity index (χ1n) is 11.6. The second-order valence-electron chi connectivity index (χ2n) is 9.06. The van der Waals surface area contributed by atoms with Gasteiger partial charge in [0.15, 0.2) is 0 Å². The molecule has 31 heavy (non-hydrogen) atoms. The van der Waals surface area contributed by atoms with Crippen molar-refractivity contribution >= 4 is 22.5 Å². The summed E-state index contributed by atoms with van der Waals surface area (Å²) in [6, 6.07) is 11.3.